The summed E-state index contributed by atoms with van der Waals surface area (Å²) in [4.78, 5) is 9.91. The third-order valence-corrected chi connectivity index (χ3v) is 1.11. The molecule has 0 saturated carbocycles. The summed E-state index contributed by atoms with van der Waals surface area (Å²) in [6.07, 6.45) is -0.0463. The molecule has 2 N–H and O–H groups in total. The van der Waals surface area contributed by atoms with Gasteiger partial charge in [0.2, 0.25) is 0 Å². The van der Waals surface area contributed by atoms with Crippen molar-refractivity contribution in [2.45, 2.75) is 13.3 Å². The Kier molecular flexibility index (Phi) is 2.78. The van der Waals surface area contributed by atoms with Crippen molar-refractivity contribution in [2.24, 2.45) is 11.7 Å². The number of aliphatic carboxylic acids is 1. The predicted octanol–water partition coefficient (Wildman–Crippen LogP) is -0.765. The number of hydrogen-bond donors (Lipinski definition) is 1. The Labute approximate surface area is 54.2 Å². The van der Waals surface area contributed by atoms with E-state index >= 15 is 0 Å². The Bertz CT molecular complexity index is 131. The minimum Gasteiger partial charge on any atom is -0.550 e. The lowest BCUT2D eigenvalue weighted by Gasteiger charge is -2.09. The van der Waals surface area contributed by atoms with Gasteiger partial charge in [0.1, 0.15) is 0 Å². The van der Waals surface area contributed by atoms with Gasteiger partial charge in [0, 0.05) is 17.6 Å². The average Bonchev–Trinajstić information content (AvgIpc) is 1.63. The largest absolute Gasteiger partial charge is 0.550 e. The number of allylic oxidation sites excluding steroid dienone is 1. The van der Waals surface area contributed by atoms with E-state index in [9.17, 15) is 9.90 Å². The molecule has 3 nitrogen and oxygen atoms in total. The molecule has 9 heavy (non-hydrogen) atoms. The van der Waals surface area contributed by atoms with E-state index in [-0.39, 0.29) is 12.3 Å². The van der Waals surface area contributed by atoms with Crippen molar-refractivity contribution in [1.29, 1.82) is 0 Å². The van der Waals surface area contributed by atoms with Crippen molar-refractivity contribution >= 4 is 5.97 Å². The number of carbonyl (C=O) groups excluding carboxylic acids is 1. The quantitative estimate of drug-likeness (QED) is 0.543. The normalized spacial score (nSPS) is 12.6. The van der Waals surface area contributed by atoms with Crippen LogP contribution in [-0.4, -0.2) is 5.97 Å². The molecule has 0 radical (unpaired) electrons. The molecule has 0 bridgehead atoms. The molecule has 1 unspecified atom stereocenters. The highest BCUT2D eigenvalue weighted by Gasteiger charge is 2.01. The summed E-state index contributed by atoms with van der Waals surface area (Å²) in [5, 5.41) is 9.91. The van der Waals surface area contributed by atoms with Crippen LogP contribution in [0.4, 0.5) is 0 Å². The molecule has 0 aliphatic rings. The molecule has 3 heteroatoms. The zero-order valence-corrected chi connectivity index (χ0v) is 5.39. The van der Waals surface area contributed by atoms with Crippen LogP contribution in [0.1, 0.15) is 13.3 Å². The second kappa shape index (κ2) is 3.12. The van der Waals surface area contributed by atoms with Gasteiger partial charge in [-0.05, 0) is 6.42 Å². The average molecular weight is 128 g/mol. The summed E-state index contributed by atoms with van der Waals surface area (Å²) < 4.78 is 0. The Morgan fingerprint density at radius 3 is 2.44 bits per heavy atom. The van der Waals surface area contributed by atoms with Crippen LogP contribution in [0.2, 0.25) is 0 Å². The molecular weight excluding hydrogens is 118 g/mol. The molecule has 0 amide bonds. The summed E-state index contributed by atoms with van der Waals surface area (Å²) in [6.45, 7) is 5.09. The van der Waals surface area contributed by atoms with Crippen molar-refractivity contribution in [3.63, 3.8) is 0 Å². The highest BCUT2D eigenvalue weighted by molar-refractivity contribution is 5.64. The van der Waals surface area contributed by atoms with Crippen LogP contribution in [0.3, 0.4) is 0 Å². The van der Waals surface area contributed by atoms with Gasteiger partial charge in [-0.3, -0.25) is 0 Å². The van der Waals surface area contributed by atoms with E-state index in [2.05, 4.69) is 6.58 Å². The first-order valence-corrected chi connectivity index (χ1v) is 2.68. The van der Waals surface area contributed by atoms with Gasteiger partial charge in [0.25, 0.3) is 0 Å². The molecule has 0 heterocycles. The number of rotatable bonds is 3. The molecule has 0 rings (SSSR count). The van der Waals surface area contributed by atoms with E-state index in [0.29, 0.717) is 5.70 Å². The molecule has 0 spiro atoms. The summed E-state index contributed by atoms with van der Waals surface area (Å²) in [6, 6.07) is 0. The van der Waals surface area contributed by atoms with E-state index in [1.165, 1.54) is 0 Å². The van der Waals surface area contributed by atoms with Crippen molar-refractivity contribution in [1.82, 2.24) is 0 Å². The first-order valence-electron chi connectivity index (χ1n) is 2.68. The third kappa shape index (κ3) is 3.58. The first kappa shape index (κ1) is 8.01. The molecule has 0 aliphatic carbocycles. The maximum Gasteiger partial charge on any atom is 0.0420 e. The predicted molar refractivity (Wildman–Crippen MR) is 32.1 cm³/mol. The monoisotopic (exact) mass is 128 g/mol. The minimum atomic E-state index is -1.09. The summed E-state index contributed by atoms with van der Waals surface area (Å²) in [5.41, 5.74) is 5.59. The second-order valence-electron chi connectivity index (χ2n) is 2.05. The smallest absolute Gasteiger partial charge is 0.0420 e. The highest BCUT2D eigenvalue weighted by atomic mass is 16.4. The lowest BCUT2D eigenvalue weighted by atomic mass is 10.1. The van der Waals surface area contributed by atoms with Gasteiger partial charge in [0.05, 0.1) is 0 Å². The fourth-order valence-corrected chi connectivity index (χ4v) is 0.381. The molecule has 0 saturated heterocycles. The molecule has 0 fully saturated rings. The van der Waals surface area contributed by atoms with Crippen LogP contribution in [0.25, 0.3) is 0 Å². The minimum absolute atomic E-state index is 0.0463. The Morgan fingerprint density at radius 2 is 2.33 bits per heavy atom. The first-order chi connectivity index (χ1) is 4.04. The van der Waals surface area contributed by atoms with Crippen molar-refractivity contribution in [3.05, 3.63) is 12.3 Å². The topological polar surface area (TPSA) is 66.2 Å². The highest BCUT2D eigenvalue weighted by Crippen LogP contribution is 2.05. The lowest BCUT2D eigenvalue weighted by Crippen LogP contribution is -2.25. The standard InChI is InChI=1S/C6H11NO2/c1-4(5(2)7)3-6(8)9/h4H,2-3,7H2,1H3,(H,8,9)/p-1. The van der Waals surface area contributed by atoms with Gasteiger partial charge in [0.15, 0.2) is 0 Å². The fraction of sp³-hybridized carbons (Fsp3) is 0.500. The fourth-order valence-electron chi connectivity index (χ4n) is 0.381. The Balaban J connectivity index is 3.63. The second-order valence-corrected chi connectivity index (χ2v) is 2.05. The lowest BCUT2D eigenvalue weighted by molar-refractivity contribution is -0.306. The third-order valence-electron chi connectivity index (χ3n) is 1.11. The molecule has 0 aliphatic heterocycles. The zero-order chi connectivity index (χ0) is 7.44. The Hall–Kier alpha value is -0.990. The number of carbonyl (C=O) groups is 1. The van der Waals surface area contributed by atoms with Crippen molar-refractivity contribution < 1.29 is 9.90 Å². The van der Waals surface area contributed by atoms with Gasteiger partial charge in [-0.25, -0.2) is 0 Å². The summed E-state index contributed by atoms with van der Waals surface area (Å²) >= 11 is 0. The van der Waals surface area contributed by atoms with Crippen LogP contribution in [-0.2, 0) is 4.79 Å². The van der Waals surface area contributed by atoms with E-state index in [1.54, 1.807) is 6.92 Å². The van der Waals surface area contributed by atoms with E-state index in [4.69, 9.17) is 5.73 Å². The summed E-state index contributed by atoms with van der Waals surface area (Å²) in [5.74, 6) is -1.27. The van der Waals surface area contributed by atoms with Gasteiger partial charge >= 0.3 is 0 Å². The molecule has 52 valence electrons. The number of hydrogen-bond acceptors (Lipinski definition) is 3. The van der Waals surface area contributed by atoms with Crippen LogP contribution in [0.15, 0.2) is 12.3 Å². The van der Waals surface area contributed by atoms with Crippen LogP contribution >= 0.6 is 0 Å². The van der Waals surface area contributed by atoms with Crippen LogP contribution < -0.4 is 10.8 Å². The number of carboxylic acid groups (broad SMARTS) is 1. The van der Waals surface area contributed by atoms with E-state index in [0.717, 1.165) is 0 Å². The van der Waals surface area contributed by atoms with E-state index < -0.39 is 5.97 Å². The molecule has 1 atom stereocenters. The molecule has 0 aromatic carbocycles. The number of carboxylic acids is 1. The van der Waals surface area contributed by atoms with Crippen molar-refractivity contribution in [3.8, 4) is 0 Å². The maximum atomic E-state index is 9.91. The van der Waals surface area contributed by atoms with Gasteiger partial charge < -0.3 is 15.6 Å². The van der Waals surface area contributed by atoms with Gasteiger partial charge in [-0.1, -0.05) is 13.5 Å². The van der Waals surface area contributed by atoms with Crippen LogP contribution in [0, 0.1) is 5.92 Å². The molecule has 0 aromatic heterocycles. The maximum absolute atomic E-state index is 9.91. The SMILES string of the molecule is C=C(N)C(C)CC(=O)[O-]. The summed E-state index contributed by atoms with van der Waals surface area (Å²) in [7, 11) is 0. The Morgan fingerprint density at radius 1 is 1.89 bits per heavy atom. The van der Waals surface area contributed by atoms with Gasteiger partial charge in [-0.2, -0.15) is 0 Å². The van der Waals surface area contributed by atoms with Crippen LogP contribution in [0.5, 0.6) is 0 Å². The number of nitrogens with two attached hydrogens (primary N) is 1. The van der Waals surface area contributed by atoms with Crippen molar-refractivity contribution in [2.75, 3.05) is 0 Å². The molecule has 0 aromatic rings. The van der Waals surface area contributed by atoms with Gasteiger partial charge in [-0.15, -0.1) is 0 Å². The molecular formula is C6H10NO2-. The zero-order valence-electron chi connectivity index (χ0n) is 5.39. The van der Waals surface area contributed by atoms with E-state index in [1.807, 2.05) is 0 Å².